The van der Waals surface area contributed by atoms with E-state index in [1.807, 2.05) is 40.7 Å². The lowest BCUT2D eigenvalue weighted by Crippen LogP contribution is -2.11. The molecule has 88 valence electrons. The fourth-order valence-corrected chi connectivity index (χ4v) is 1.41. The molecule has 4 heteroatoms. The molecule has 0 aromatic heterocycles. The lowest BCUT2D eigenvalue weighted by Gasteiger charge is -1.97. The minimum atomic E-state index is -3.53. The van der Waals surface area contributed by atoms with Crippen LogP contribution in [0.3, 0.4) is 0 Å². The molecule has 0 radical (unpaired) electrons. The molecule has 0 saturated heterocycles. The molecule has 0 bridgehead atoms. The van der Waals surface area contributed by atoms with E-state index in [0.29, 0.717) is 0 Å². The van der Waals surface area contributed by atoms with Gasteiger partial charge in [0.05, 0.1) is 4.90 Å². The quantitative estimate of drug-likeness (QED) is 0.807. The molecule has 0 atom stereocenters. The third-order valence-electron chi connectivity index (χ3n) is 1.32. The Kier molecular flexibility index (Phi) is 9.31. The minimum absolute atomic E-state index is 0.164. The third-order valence-corrected chi connectivity index (χ3v) is 2.23. The monoisotopic (exact) mass is 231 g/mol. The summed E-state index contributed by atoms with van der Waals surface area (Å²) in [7, 11) is -3.53. The Morgan fingerprint density at radius 1 is 1.07 bits per heavy atom. The van der Waals surface area contributed by atoms with Gasteiger partial charge in [0, 0.05) is 0 Å². The topological polar surface area (TPSA) is 60.2 Å². The smallest absolute Gasteiger partial charge is 0.225 e. The number of benzene rings is 1. The lowest BCUT2D eigenvalue weighted by molar-refractivity contribution is 0.597. The number of hydrogen-bond donors (Lipinski definition) is 1. The van der Waals surface area contributed by atoms with E-state index in [4.69, 9.17) is 5.14 Å². The summed E-state index contributed by atoms with van der Waals surface area (Å²) in [5.41, 5.74) is 0.886. The van der Waals surface area contributed by atoms with Gasteiger partial charge in [-0.3, -0.25) is 0 Å². The standard InChI is InChI=1S/C7H9NO2S.2C2H6/c1-6-3-2-4-7(5-6)11(8,9)10;2*1-2/h2-5H,1H3,(H2,8,9,10);2*1-2H3. The van der Waals surface area contributed by atoms with Crippen molar-refractivity contribution in [2.24, 2.45) is 5.14 Å². The van der Waals surface area contributed by atoms with E-state index in [0.717, 1.165) is 5.56 Å². The Morgan fingerprint density at radius 2 is 1.53 bits per heavy atom. The Balaban J connectivity index is 0. The number of hydrogen-bond acceptors (Lipinski definition) is 2. The van der Waals surface area contributed by atoms with Gasteiger partial charge in [-0.1, -0.05) is 39.8 Å². The van der Waals surface area contributed by atoms with Gasteiger partial charge in [-0.05, 0) is 24.6 Å². The summed E-state index contributed by atoms with van der Waals surface area (Å²) in [6.45, 7) is 9.81. The van der Waals surface area contributed by atoms with Crippen LogP contribution in [0.1, 0.15) is 33.3 Å². The molecule has 15 heavy (non-hydrogen) atoms. The fraction of sp³-hybridized carbons (Fsp3) is 0.455. The Bertz CT molecular complexity index is 359. The normalized spacial score (nSPS) is 9.20. The summed E-state index contributed by atoms with van der Waals surface area (Å²) in [5, 5.41) is 4.90. The molecule has 0 spiro atoms. The van der Waals surface area contributed by atoms with E-state index in [1.54, 1.807) is 6.07 Å². The number of primary sulfonamides is 1. The summed E-state index contributed by atoms with van der Waals surface area (Å²) in [4.78, 5) is 0.164. The molecule has 1 aromatic rings. The molecule has 2 N–H and O–H groups in total. The van der Waals surface area contributed by atoms with Crippen LogP contribution in [0.4, 0.5) is 0 Å². The fourth-order valence-electron chi connectivity index (χ4n) is 0.792. The maximum Gasteiger partial charge on any atom is 0.238 e. The molecule has 0 amide bonds. The number of rotatable bonds is 1. The zero-order valence-corrected chi connectivity index (χ0v) is 10.9. The molecule has 0 aliphatic rings. The highest BCUT2D eigenvalue weighted by molar-refractivity contribution is 7.89. The van der Waals surface area contributed by atoms with Crippen LogP contribution in [0.15, 0.2) is 29.2 Å². The lowest BCUT2D eigenvalue weighted by atomic mass is 10.2. The van der Waals surface area contributed by atoms with Crippen molar-refractivity contribution in [2.75, 3.05) is 0 Å². The van der Waals surface area contributed by atoms with Crippen molar-refractivity contribution in [3.05, 3.63) is 29.8 Å². The highest BCUT2D eigenvalue weighted by Gasteiger charge is 2.05. The molecule has 3 nitrogen and oxygen atoms in total. The third kappa shape index (κ3) is 7.11. The zero-order valence-electron chi connectivity index (χ0n) is 10.1. The first-order valence-corrected chi connectivity index (χ1v) is 6.64. The van der Waals surface area contributed by atoms with Gasteiger partial charge in [0.25, 0.3) is 0 Å². The van der Waals surface area contributed by atoms with Crippen LogP contribution >= 0.6 is 0 Å². The molecule has 0 unspecified atom stereocenters. The molecule has 1 rings (SSSR count). The Morgan fingerprint density at radius 3 is 1.80 bits per heavy atom. The molecule has 0 saturated carbocycles. The maximum atomic E-state index is 10.8. The average molecular weight is 231 g/mol. The molecule has 0 aliphatic heterocycles. The van der Waals surface area contributed by atoms with Gasteiger partial charge >= 0.3 is 0 Å². The van der Waals surface area contributed by atoms with Gasteiger partial charge in [0.15, 0.2) is 0 Å². The molecule has 0 aliphatic carbocycles. The SMILES string of the molecule is CC.CC.Cc1cccc(S(N)(=O)=O)c1. The first kappa shape index (κ1) is 16.6. The van der Waals surface area contributed by atoms with Gasteiger partial charge < -0.3 is 0 Å². The van der Waals surface area contributed by atoms with Gasteiger partial charge in [-0.2, -0.15) is 0 Å². The molecule has 0 heterocycles. The van der Waals surface area contributed by atoms with Crippen molar-refractivity contribution in [1.82, 2.24) is 0 Å². The predicted molar refractivity (Wildman–Crippen MR) is 65.2 cm³/mol. The van der Waals surface area contributed by atoms with E-state index < -0.39 is 10.0 Å². The summed E-state index contributed by atoms with van der Waals surface area (Å²) >= 11 is 0. The van der Waals surface area contributed by atoms with Crippen molar-refractivity contribution in [3.8, 4) is 0 Å². The van der Waals surface area contributed by atoms with Gasteiger partial charge in [0.2, 0.25) is 10.0 Å². The summed E-state index contributed by atoms with van der Waals surface area (Å²) in [6, 6.07) is 6.49. The van der Waals surface area contributed by atoms with Crippen LogP contribution in [0.25, 0.3) is 0 Å². The first-order chi connectivity index (χ1) is 7.00. The van der Waals surface area contributed by atoms with Crippen molar-refractivity contribution in [1.29, 1.82) is 0 Å². The van der Waals surface area contributed by atoms with E-state index in [1.165, 1.54) is 12.1 Å². The van der Waals surface area contributed by atoms with Crippen LogP contribution in [-0.2, 0) is 10.0 Å². The second-order valence-corrected chi connectivity index (χ2v) is 3.92. The van der Waals surface area contributed by atoms with Gasteiger partial charge in [0.1, 0.15) is 0 Å². The minimum Gasteiger partial charge on any atom is -0.225 e. The Hall–Kier alpha value is -0.870. The van der Waals surface area contributed by atoms with Crippen LogP contribution < -0.4 is 5.14 Å². The van der Waals surface area contributed by atoms with Crippen molar-refractivity contribution < 1.29 is 8.42 Å². The van der Waals surface area contributed by atoms with Crippen molar-refractivity contribution >= 4 is 10.0 Å². The van der Waals surface area contributed by atoms with E-state index in [2.05, 4.69) is 0 Å². The van der Waals surface area contributed by atoms with E-state index in [9.17, 15) is 8.42 Å². The predicted octanol–water partition coefficient (Wildman–Crippen LogP) is 2.69. The van der Waals surface area contributed by atoms with Crippen LogP contribution in [0, 0.1) is 6.92 Å². The first-order valence-electron chi connectivity index (χ1n) is 5.09. The molecule has 0 fully saturated rings. The second kappa shape index (κ2) is 8.44. The van der Waals surface area contributed by atoms with Gasteiger partial charge in [-0.25, -0.2) is 13.6 Å². The summed E-state index contributed by atoms with van der Waals surface area (Å²) < 4.78 is 21.5. The van der Waals surface area contributed by atoms with Crippen LogP contribution in [0.5, 0.6) is 0 Å². The number of sulfonamides is 1. The van der Waals surface area contributed by atoms with E-state index >= 15 is 0 Å². The average Bonchev–Trinajstić information content (AvgIpc) is 2.23. The van der Waals surface area contributed by atoms with Crippen molar-refractivity contribution in [3.63, 3.8) is 0 Å². The zero-order chi connectivity index (χ0) is 12.5. The molecular weight excluding hydrogens is 210 g/mol. The highest BCUT2D eigenvalue weighted by atomic mass is 32.2. The number of nitrogens with two attached hydrogens (primary N) is 1. The van der Waals surface area contributed by atoms with Gasteiger partial charge in [-0.15, -0.1) is 0 Å². The molecule has 1 aromatic carbocycles. The maximum absolute atomic E-state index is 10.8. The van der Waals surface area contributed by atoms with Crippen LogP contribution in [0.2, 0.25) is 0 Å². The van der Waals surface area contributed by atoms with Crippen LogP contribution in [-0.4, -0.2) is 8.42 Å². The number of aryl methyl sites for hydroxylation is 1. The van der Waals surface area contributed by atoms with E-state index in [-0.39, 0.29) is 4.90 Å². The molecular formula is C11H21NO2S. The largest absolute Gasteiger partial charge is 0.238 e. The Labute approximate surface area is 93.4 Å². The second-order valence-electron chi connectivity index (χ2n) is 2.36. The highest BCUT2D eigenvalue weighted by Crippen LogP contribution is 2.07. The summed E-state index contributed by atoms with van der Waals surface area (Å²) in [5.74, 6) is 0. The summed E-state index contributed by atoms with van der Waals surface area (Å²) in [6.07, 6.45) is 0. The van der Waals surface area contributed by atoms with Crippen molar-refractivity contribution in [2.45, 2.75) is 39.5 Å².